The van der Waals surface area contributed by atoms with Crippen molar-refractivity contribution in [1.82, 2.24) is 19.6 Å². The summed E-state index contributed by atoms with van der Waals surface area (Å²) in [4.78, 5) is 39.8. The number of hydrogen-bond acceptors (Lipinski definition) is 9. The van der Waals surface area contributed by atoms with Crippen LogP contribution in [-0.2, 0) is 35.0 Å². The third-order valence-corrected chi connectivity index (χ3v) is 7.34. The van der Waals surface area contributed by atoms with E-state index in [1.165, 1.54) is 31.3 Å². The summed E-state index contributed by atoms with van der Waals surface area (Å²) in [5.74, 6) is 0.486. The van der Waals surface area contributed by atoms with E-state index in [0.29, 0.717) is 30.5 Å². The zero-order chi connectivity index (χ0) is 30.0. The summed E-state index contributed by atoms with van der Waals surface area (Å²) in [6.45, 7) is 1.13. The van der Waals surface area contributed by atoms with Crippen LogP contribution in [0, 0.1) is 10.1 Å². The molecule has 14 nitrogen and oxygen atoms in total. The molecule has 0 unspecified atom stereocenters. The molecule has 0 radical (unpaired) electrons. The highest BCUT2D eigenvalue weighted by molar-refractivity contribution is 7.90. The van der Waals surface area contributed by atoms with Crippen molar-refractivity contribution in [3.63, 3.8) is 0 Å². The van der Waals surface area contributed by atoms with Crippen LogP contribution in [0.1, 0.15) is 11.3 Å². The zero-order valence-corrected chi connectivity index (χ0v) is 24.1. The van der Waals surface area contributed by atoms with Gasteiger partial charge < -0.3 is 30.4 Å². The standard InChI is InChI=1S/C24H27Cl2N7O7S/c1-31-20(15-28-23(31)33(36)37)16-40-24(35)30-41(38,39)21-8-4-18(5-9-21)29-22(34)27-14-17-2-6-19(7-3-17)32(12-10-25)13-11-26/h2-9,15H,10-14,16H2,1H3,(H,30,35)(H2,27,29,34). The quantitative estimate of drug-likeness (QED) is 0.145. The van der Waals surface area contributed by atoms with E-state index >= 15 is 0 Å². The second kappa shape index (κ2) is 14.5. The monoisotopic (exact) mass is 627 g/mol. The van der Waals surface area contributed by atoms with Gasteiger partial charge in [0.05, 0.1) is 11.9 Å². The molecule has 0 aliphatic heterocycles. The molecular weight excluding hydrogens is 601 g/mol. The van der Waals surface area contributed by atoms with E-state index in [1.54, 1.807) is 4.72 Å². The molecule has 0 saturated carbocycles. The van der Waals surface area contributed by atoms with Gasteiger partial charge in [0.25, 0.3) is 10.0 Å². The molecule has 0 aliphatic carbocycles. The van der Waals surface area contributed by atoms with E-state index in [4.69, 9.17) is 27.9 Å². The number of ether oxygens (including phenoxy) is 1. The number of imidazole rings is 1. The Morgan fingerprint density at radius 3 is 2.27 bits per heavy atom. The highest BCUT2D eigenvalue weighted by Crippen LogP contribution is 2.17. The van der Waals surface area contributed by atoms with Crippen molar-refractivity contribution in [1.29, 1.82) is 0 Å². The molecule has 1 aromatic heterocycles. The van der Waals surface area contributed by atoms with Crippen LogP contribution in [0.2, 0.25) is 0 Å². The van der Waals surface area contributed by atoms with Crippen molar-refractivity contribution >= 4 is 62.7 Å². The number of nitrogens with one attached hydrogen (secondary N) is 3. The number of carbonyl (C=O) groups excluding carboxylic acids is 2. The molecule has 0 saturated heterocycles. The third-order valence-electron chi connectivity index (χ3n) is 5.68. The lowest BCUT2D eigenvalue weighted by molar-refractivity contribution is -0.396. The number of benzene rings is 2. The molecule has 3 amide bonds. The van der Waals surface area contributed by atoms with E-state index in [2.05, 4.69) is 20.5 Å². The highest BCUT2D eigenvalue weighted by atomic mass is 35.5. The topological polar surface area (TPSA) is 178 Å². The normalized spacial score (nSPS) is 11.0. The maximum atomic E-state index is 12.5. The van der Waals surface area contributed by atoms with Gasteiger partial charge in [-0.1, -0.05) is 17.1 Å². The van der Waals surface area contributed by atoms with Gasteiger partial charge in [0.15, 0.2) is 12.3 Å². The van der Waals surface area contributed by atoms with Gasteiger partial charge >= 0.3 is 18.1 Å². The summed E-state index contributed by atoms with van der Waals surface area (Å²) in [5, 5.41) is 16.2. The van der Waals surface area contributed by atoms with Gasteiger partial charge in [0.2, 0.25) is 0 Å². The van der Waals surface area contributed by atoms with Gasteiger partial charge in [0.1, 0.15) is 6.20 Å². The van der Waals surface area contributed by atoms with Crippen LogP contribution < -0.4 is 20.3 Å². The summed E-state index contributed by atoms with van der Waals surface area (Å²) in [6.07, 6.45) is -0.145. The first-order valence-corrected chi connectivity index (χ1v) is 14.5. The second-order valence-corrected chi connectivity index (χ2v) is 10.8. The van der Waals surface area contributed by atoms with Gasteiger partial charge in [-0.25, -0.2) is 27.3 Å². The molecule has 1 heterocycles. The maximum Gasteiger partial charge on any atom is 0.434 e. The molecule has 17 heteroatoms. The minimum absolute atomic E-state index is 0.186. The Morgan fingerprint density at radius 1 is 1.07 bits per heavy atom. The number of nitro groups is 1. The summed E-state index contributed by atoms with van der Waals surface area (Å²) >= 11 is 11.7. The number of aromatic nitrogens is 2. The number of nitrogens with zero attached hydrogens (tertiary/aromatic N) is 4. The van der Waals surface area contributed by atoms with Gasteiger partial charge in [-0.3, -0.25) is 0 Å². The molecule has 0 aliphatic rings. The Bertz CT molecular complexity index is 1460. The Kier molecular flexibility index (Phi) is 11.1. The lowest BCUT2D eigenvalue weighted by atomic mass is 10.2. The Labute approximate surface area is 245 Å². The van der Waals surface area contributed by atoms with Crippen LogP contribution in [0.5, 0.6) is 0 Å². The summed E-state index contributed by atoms with van der Waals surface area (Å²) in [6, 6.07) is 12.2. The van der Waals surface area contributed by atoms with Crippen LogP contribution in [0.3, 0.4) is 0 Å². The number of urea groups is 1. The Morgan fingerprint density at radius 2 is 1.71 bits per heavy atom. The number of amides is 3. The molecule has 0 fully saturated rings. The van der Waals surface area contributed by atoms with Crippen molar-refractivity contribution in [2.24, 2.45) is 7.05 Å². The van der Waals surface area contributed by atoms with Crippen LogP contribution >= 0.6 is 23.2 Å². The smallest absolute Gasteiger partial charge is 0.434 e. The highest BCUT2D eigenvalue weighted by Gasteiger charge is 2.22. The van der Waals surface area contributed by atoms with Crippen molar-refractivity contribution < 1.29 is 27.7 Å². The molecule has 3 N–H and O–H groups in total. The van der Waals surface area contributed by atoms with Crippen molar-refractivity contribution in [3.8, 4) is 0 Å². The minimum atomic E-state index is -4.29. The number of carbonyl (C=O) groups is 2. The van der Waals surface area contributed by atoms with E-state index in [-0.39, 0.29) is 17.1 Å². The maximum absolute atomic E-state index is 12.5. The number of halogens is 2. The average molecular weight is 628 g/mol. The summed E-state index contributed by atoms with van der Waals surface area (Å²) in [7, 11) is -2.94. The fourth-order valence-corrected chi connectivity index (χ4v) is 4.85. The van der Waals surface area contributed by atoms with Crippen LogP contribution in [0.4, 0.5) is 26.9 Å². The van der Waals surface area contributed by atoms with Crippen LogP contribution in [-0.4, -0.2) is 59.9 Å². The predicted octanol–water partition coefficient (Wildman–Crippen LogP) is 3.55. The van der Waals surface area contributed by atoms with E-state index < -0.39 is 39.6 Å². The van der Waals surface area contributed by atoms with E-state index in [9.17, 15) is 28.1 Å². The first-order chi connectivity index (χ1) is 19.5. The largest absolute Gasteiger partial charge is 0.441 e. The third kappa shape index (κ3) is 8.96. The number of alkyl halides is 2. The van der Waals surface area contributed by atoms with Gasteiger partial charge in [-0.05, 0) is 46.9 Å². The van der Waals surface area contributed by atoms with Crippen molar-refractivity contribution in [2.45, 2.75) is 18.0 Å². The minimum Gasteiger partial charge on any atom is -0.441 e. The molecule has 0 atom stereocenters. The van der Waals surface area contributed by atoms with Gasteiger partial charge in [0, 0.05) is 42.8 Å². The van der Waals surface area contributed by atoms with Gasteiger partial charge in [-0.15, -0.1) is 23.2 Å². The molecule has 220 valence electrons. The van der Waals surface area contributed by atoms with E-state index in [1.807, 2.05) is 24.3 Å². The van der Waals surface area contributed by atoms with Crippen molar-refractivity contribution in [2.75, 3.05) is 35.1 Å². The van der Waals surface area contributed by atoms with Crippen LogP contribution in [0.15, 0.2) is 59.6 Å². The predicted molar refractivity (Wildman–Crippen MR) is 153 cm³/mol. The van der Waals surface area contributed by atoms with E-state index in [0.717, 1.165) is 22.0 Å². The number of sulfonamides is 1. The molecule has 2 aromatic carbocycles. The van der Waals surface area contributed by atoms with Crippen molar-refractivity contribution in [3.05, 3.63) is 76.1 Å². The lowest BCUT2D eigenvalue weighted by Gasteiger charge is -2.23. The number of anilines is 2. The fraction of sp³-hybridized carbons (Fsp3) is 0.292. The number of hydrogen-bond donors (Lipinski definition) is 3. The van der Waals surface area contributed by atoms with Crippen LogP contribution in [0.25, 0.3) is 0 Å². The molecular formula is C24H27Cl2N7O7S. The SMILES string of the molecule is Cn1c(COC(=O)NS(=O)(=O)c2ccc(NC(=O)NCc3ccc(N(CCCl)CCCl)cc3)cc2)cnc1[N+](=O)[O-]. The first-order valence-electron chi connectivity index (χ1n) is 12.0. The molecule has 41 heavy (non-hydrogen) atoms. The molecule has 3 aromatic rings. The number of rotatable bonds is 13. The van der Waals surface area contributed by atoms with Gasteiger partial charge in [-0.2, -0.15) is 0 Å². The first kappa shape index (κ1) is 31.4. The average Bonchev–Trinajstić information content (AvgIpc) is 3.31. The Hall–Kier alpha value is -4.08. The fourth-order valence-electron chi connectivity index (χ4n) is 3.55. The lowest BCUT2D eigenvalue weighted by Crippen LogP contribution is -2.31. The molecule has 3 rings (SSSR count). The molecule has 0 bridgehead atoms. The second-order valence-electron chi connectivity index (χ2n) is 8.41. The zero-order valence-electron chi connectivity index (χ0n) is 21.7. The molecule has 0 spiro atoms. The summed E-state index contributed by atoms with van der Waals surface area (Å²) < 4.78 is 32.7. The summed E-state index contributed by atoms with van der Waals surface area (Å²) in [5.41, 5.74) is 2.33. The Balaban J connectivity index is 1.49.